The Morgan fingerprint density at radius 3 is 2.64 bits per heavy atom. The van der Waals surface area contributed by atoms with Crippen LogP contribution in [-0.2, 0) is 23.1 Å². The number of aromatic nitrogens is 1. The molecular weight excluding hydrogens is 356 g/mol. The summed E-state index contributed by atoms with van der Waals surface area (Å²) in [4.78, 5) is 23.4. The van der Waals surface area contributed by atoms with Crippen LogP contribution in [0.25, 0.3) is 0 Å². The average molecular weight is 383 g/mol. The summed E-state index contributed by atoms with van der Waals surface area (Å²) in [5, 5.41) is 15.5. The average Bonchev–Trinajstić information content (AvgIpc) is 2.66. The quantitative estimate of drug-likeness (QED) is 0.191. The van der Waals surface area contributed by atoms with Crippen LogP contribution < -0.4 is 15.7 Å². The molecule has 0 saturated heterocycles. The number of carbonyl (C=O) groups is 2. The lowest BCUT2D eigenvalue weighted by Crippen LogP contribution is -2.33. The van der Waals surface area contributed by atoms with Crippen LogP contribution in [0, 0.1) is 0 Å². The third-order valence-corrected chi connectivity index (χ3v) is 4.40. The second-order valence-corrected chi connectivity index (χ2v) is 6.75. The smallest absolute Gasteiger partial charge is 0.305 e. The molecule has 0 aliphatic rings. The number of amides is 1. The fraction of sp³-hybridized carbons (Fsp3) is 0.333. The number of nitrogens with zero attached hydrogens (tertiary/aromatic N) is 2. The summed E-state index contributed by atoms with van der Waals surface area (Å²) in [6.07, 6.45) is 7.99. The van der Waals surface area contributed by atoms with E-state index in [0.717, 1.165) is 30.4 Å². The van der Waals surface area contributed by atoms with Gasteiger partial charge >= 0.3 is 5.97 Å². The van der Waals surface area contributed by atoms with E-state index in [1.165, 1.54) is 5.56 Å². The van der Waals surface area contributed by atoms with Gasteiger partial charge in [0.05, 0.1) is 18.7 Å². The first-order chi connectivity index (χ1) is 13.5. The number of hydrazone groups is 1. The maximum absolute atomic E-state index is 12.3. The van der Waals surface area contributed by atoms with Gasteiger partial charge in [-0.2, -0.15) is 5.10 Å². The predicted octanol–water partition coefficient (Wildman–Crippen LogP) is 1.85. The van der Waals surface area contributed by atoms with Crippen LogP contribution in [0.15, 0.2) is 53.9 Å². The minimum atomic E-state index is -0.945. The highest BCUT2D eigenvalue weighted by atomic mass is 16.4. The summed E-state index contributed by atoms with van der Waals surface area (Å²) in [5.74, 6) is 4.05. The van der Waals surface area contributed by atoms with Crippen molar-refractivity contribution in [1.29, 1.82) is 0 Å². The number of aliphatic carboxylic acids is 1. The molecular formula is C21H27N4O3+. The first-order valence-electron chi connectivity index (χ1n) is 9.26. The van der Waals surface area contributed by atoms with Gasteiger partial charge in [-0.05, 0) is 36.5 Å². The normalized spacial score (nSPS) is 12.0. The second kappa shape index (κ2) is 10.8. The second-order valence-electron chi connectivity index (χ2n) is 6.75. The Balaban J connectivity index is 1.81. The molecule has 7 nitrogen and oxygen atoms in total. The monoisotopic (exact) mass is 383 g/mol. The van der Waals surface area contributed by atoms with E-state index in [1.807, 2.05) is 60.4 Å². The minimum Gasteiger partial charge on any atom is -0.481 e. The highest BCUT2D eigenvalue weighted by Gasteiger charge is 2.19. The van der Waals surface area contributed by atoms with Crippen molar-refractivity contribution in [2.45, 2.75) is 38.1 Å². The number of nitrogens with two attached hydrogens (primary N) is 1. The molecule has 0 saturated carbocycles. The number of rotatable bonds is 10. The molecule has 28 heavy (non-hydrogen) atoms. The molecule has 1 aromatic heterocycles. The number of benzene rings is 1. The van der Waals surface area contributed by atoms with Gasteiger partial charge < -0.3 is 16.3 Å². The molecule has 1 unspecified atom stereocenters. The van der Waals surface area contributed by atoms with Gasteiger partial charge in [0, 0.05) is 18.1 Å². The Hall–Kier alpha value is -3.22. The molecule has 1 heterocycles. The maximum Gasteiger partial charge on any atom is 0.305 e. The van der Waals surface area contributed by atoms with Crippen molar-refractivity contribution in [1.82, 2.24) is 5.32 Å². The number of carboxylic acids is 1. The molecule has 0 fully saturated rings. The summed E-state index contributed by atoms with van der Waals surface area (Å²) in [5.41, 5.74) is 2.92. The van der Waals surface area contributed by atoms with E-state index in [0.29, 0.717) is 6.42 Å². The standard InChI is InChI=1S/C21H26N4O3/c1-25-12-4-6-18(15-25)19(13-21(27)28)24-20(26)7-3-2-5-16-8-10-17(11-9-16)14-23-22/h4,6,8-12,14-15,19H,2-3,5,7,13,22H2,1H3,(H-,24,26,27,28)/p+1. The molecule has 148 valence electrons. The SMILES string of the molecule is C[n+]1cccc(C(CC(=O)O)NC(=O)CCCCc2ccc(C=NN)cc2)c1. The van der Waals surface area contributed by atoms with E-state index in [1.54, 1.807) is 6.21 Å². The van der Waals surface area contributed by atoms with Gasteiger partial charge in [-0.15, -0.1) is 0 Å². The number of aryl methyl sites for hydroxylation is 2. The summed E-state index contributed by atoms with van der Waals surface area (Å²) in [7, 11) is 1.86. The van der Waals surface area contributed by atoms with E-state index in [9.17, 15) is 9.59 Å². The zero-order chi connectivity index (χ0) is 20.4. The molecule has 0 aliphatic heterocycles. The Morgan fingerprint density at radius 2 is 2.00 bits per heavy atom. The van der Waals surface area contributed by atoms with E-state index in [-0.39, 0.29) is 12.3 Å². The number of carboxylic acid groups (broad SMARTS) is 1. The summed E-state index contributed by atoms with van der Waals surface area (Å²) in [6.45, 7) is 0. The van der Waals surface area contributed by atoms with Gasteiger partial charge in [-0.3, -0.25) is 9.59 Å². The lowest BCUT2D eigenvalue weighted by molar-refractivity contribution is -0.672. The van der Waals surface area contributed by atoms with E-state index in [4.69, 9.17) is 10.9 Å². The third-order valence-electron chi connectivity index (χ3n) is 4.40. The molecule has 2 aromatic rings. The summed E-state index contributed by atoms with van der Waals surface area (Å²) in [6, 6.07) is 11.1. The van der Waals surface area contributed by atoms with Crippen molar-refractivity contribution in [3.63, 3.8) is 0 Å². The first-order valence-corrected chi connectivity index (χ1v) is 9.26. The molecule has 1 atom stereocenters. The Kier molecular flexibility index (Phi) is 8.14. The van der Waals surface area contributed by atoms with Crippen LogP contribution in [0.4, 0.5) is 0 Å². The molecule has 0 bridgehead atoms. The van der Waals surface area contributed by atoms with Crippen LogP contribution in [-0.4, -0.2) is 23.2 Å². The lowest BCUT2D eigenvalue weighted by atomic mass is 10.0. The molecule has 0 spiro atoms. The molecule has 1 aromatic carbocycles. The molecule has 2 rings (SSSR count). The van der Waals surface area contributed by atoms with E-state index < -0.39 is 12.0 Å². The number of carbonyl (C=O) groups excluding carboxylic acids is 1. The van der Waals surface area contributed by atoms with Crippen molar-refractivity contribution in [3.8, 4) is 0 Å². The van der Waals surface area contributed by atoms with Gasteiger partial charge in [0.25, 0.3) is 0 Å². The van der Waals surface area contributed by atoms with Gasteiger partial charge in [-0.25, -0.2) is 4.57 Å². The summed E-state index contributed by atoms with van der Waals surface area (Å²) >= 11 is 0. The van der Waals surface area contributed by atoms with Crippen LogP contribution in [0.3, 0.4) is 0 Å². The Labute approximate surface area is 164 Å². The predicted molar refractivity (Wildman–Crippen MR) is 107 cm³/mol. The van der Waals surface area contributed by atoms with Crippen molar-refractivity contribution in [2.75, 3.05) is 0 Å². The summed E-state index contributed by atoms with van der Waals surface area (Å²) < 4.78 is 1.83. The Bertz CT molecular complexity index is 819. The number of hydrogen-bond acceptors (Lipinski definition) is 4. The molecule has 0 radical (unpaired) electrons. The largest absolute Gasteiger partial charge is 0.481 e. The Morgan fingerprint density at radius 1 is 1.25 bits per heavy atom. The van der Waals surface area contributed by atoms with Gasteiger partial charge in [0.15, 0.2) is 12.4 Å². The number of nitrogens with one attached hydrogen (secondary N) is 1. The van der Waals surface area contributed by atoms with Gasteiger partial charge in [0.2, 0.25) is 5.91 Å². The molecule has 7 heteroatoms. The fourth-order valence-electron chi connectivity index (χ4n) is 2.98. The molecule has 0 aliphatic carbocycles. The minimum absolute atomic E-state index is 0.132. The van der Waals surface area contributed by atoms with Crippen LogP contribution in [0.2, 0.25) is 0 Å². The highest BCUT2D eigenvalue weighted by molar-refractivity contribution is 5.79. The van der Waals surface area contributed by atoms with E-state index in [2.05, 4.69) is 10.4 Å². The molecule has 1 amide bonds. The van der Waals surface area contributed by atoms with Crippen molar-refractivity contribution < 1.29 is 19.3 Å². The van der Waals surface area contributed by atoms with E-state index >= 15 is 0 Å². The number of unbranched alkanes of at least 4 members (excludes halogenated alkanes) is 1. The zero-order valence-electron chi connectivity index (χ0n) is 16.0. The van der Waals surface area contributed by atoms with Crippen LogP contribution in [0.1, 0.15) is 48.4 Å². The van der Waals surface area contributed by atoms with Crippen LogP contribution >= 0.6 is 0 Å². The lowest BCUT2D eigenvalue weighted by Gasteiger charge is -2.16. The van der Waals surface area contributed by atoms with Crippen molar-refractivity contribution in [3.05, 3.63) is 65.5 Å². The topological polar surface area (TPSA) is 109 Å². The van der Waals surface area contributed by atoms with Crippen molar-refractivity contribution >= 4 is 18.1 Å². The number of hydrogen-bond donors (Lipinski definition) is 3. The van der Waals surface area contributed by atoms with Gasteiger partial charge in [0.1, 0.15) is 7.05 Å². The zero-order valence-corrected chi connectivity index (χ0v) is 16.0. The first kappa shape index (κ1) is 21.1. The maximum atomic E-state index is 12.3. The highest BCUT2D eigenvalue weighted by Crippen LogP contribution is 2.16. The van der Waals surface area contributed by atoms with Crippen LogP contribution in [0.5, 0.6) is 0 Å². The van der Waals surface area contributed by atoms with Gasteiger partial charge in [-0.1, -0.05) is 24.3 Å². The van der Waals surface area contributed by atoms with Crippen molar-refractivity contribution in [2.24, 2.45) is 18.0 Å². The number of pyridine rings is 1. The molecule has 4 N–H and O–H groups in total. The fourth-order valence-corrected chi connectivity index (χ4v) is 2.98. The third kappa shape index (κ3) is 7.19.